The molecule has 3 rings (SSSR count). The zero-order valence-electron chi connectivity index (χ0n) is 13.3. The summed E-state index contributed by atoms with van der Waals surface area (Å²) in [6.45, 7) is 0.424. The van der Waals surface area contributed by atoms with Crippen molar-refractivity contribution < 1.29 is 4.79 Å². The van der Waals surface area contributed by atoms with Gasteiger partial charge in [0, 0.05) is 20.6 Å². The summed E-state index contributed by atoms with van der Waals surface area (Å²) in [7, 11) is 3.43. The van der Waals surface area contributed by atoms with E-state index in [0.717, 1.165) is 5.56 Å². The fraction of sp³-hybridized carbons (Fsp3) is 0.250. The van der Waals surface area contributed by atoms with Crippen molar-refractivity contribution in [1.82, 2.24) is 24.2 Å². The van der Waals surface area contributed by atoms with Gasteiger partial charge in [-0.1, -0.05) is 30.3 Å². The van der Waals surface area contributed by atoms with E-state index in [9.17, 15) is 9.59 Å². The average molecular weight is 390 g/mol. The number of carbonyl (C=O) groups excluding carboxylic acids is 1. The van der Waals surface area contributed by atoms with Crippen LogP contribution in [0.15, 0.2) is 46.1 Å². The van der Waals surface area contributed by atoms with E-state index >= 15 is 0 Å². The zero-order chi connectivity index (χ0) is 17.3. The Bertz CT molecular complexity index is 948. The molecular formula is C16H16BrN5O2. The summed E-state index contributed by atoms with van der Waals surface area (Å²) in [5.41, 5.74) is 1.22. The molecule has 8 heteroatoms. The van der Waals surface area contributed by atoms with Crippen LogP contribution in [0.4, 0.5) is 0 Å². The Balaban J connectivity index is 1.82. The van der Waals surface area contributed by atoms with Crippen LogP contribution in [-0.2, 0) is 24.9 Å². The Morgan fingerprint density at radius 2 is 2.00 bits per heavy atom. The highest BCUT2D eigenvalue weighted by Gasteiger charge is 2.16. The molecular weight excluding hydrogens is 374 g/mol. The standard InChI is InChI=1S/C16H16BrN5O2/c1-20(8-11-6-4-3-5-7-11)12(23)9-22-10-18-15-13(16(22)24)14(17)19-21(15)2/h3-7,10H,8-9H2,1-2H3. The highest BCUT2D eigenvalue weighted by atomic mass is 79.9. The SMILES string of the molecule is CN(Cc1ccccc1)C(=O)Cn1cnc2c(c(Br)nn2C)c1=O. The zero-order valence-corrected chi connectivity index (χ0v) is 14.9. The van der Waals surface area contributed by atoms with E-state index in [1.807, 2.05) is 30.3 Å². The van der Waals surface area contributed by atoms with Crippen LogP contribution in [0, 0.1) is 0 Å². The van der Waals surface area contributed by atoms with Crippen LogP contribution in [0.5, 0.6) is 0 Å². The molecule has 0 aliphatic rings. The third-order valence-electron chi connectivity index (χ3n) is 3.76. The molecule has 24 heavy (non-hydrogen) atoms. The summed E-state index contributed by atoms with van der Waals surface area (Å²) in [5.74, 6) is -0.165. The molecule has 0 unspecified atom stereocenters. The Labute approximate surface area is 146 Å². The van der Waals surface area contributed by atoms with Crippen molar-refractivity contribution >= 4 is 32.9 Å². The number of hydrogen-bond acceptors (Lipinski definition) is 4. The maximum Gasteiger partial charge on any atom is 0.266 e. The predicted molar refractivity (Wildman–Crippen MR) is 93.4 cm³/mol. The second-order valence-corrected chi connectivity index (χ2v) is 6.28. The van der Waals surface area contributed by atoms with E-state index in [4.69, 9.17) is 0 Å². The fourth-order valence-corrected chi connectivity index (χ4v) is 3.04. The Hall–Kier alpha value is -2.48. The van der Waals surface area contributed by atoms with E-state index < -0.39 is 0 Å². The molecule has 0 saturated carbocycles. The summed E-state index contributed by atoms with van der Waals surface area (Å²) < 4.78 is 3.25. The van der Waals surface area contributed by atoms with Crippen LogP contribution < -0.4 is 5.56 Å². The van der Waals surface area contributed by atoms with Gasteiger partial charge in [0.15, 0.2) is 5.65 Å². The second-order valence-electron chi connectivity index (χ2n) is 5.53. The lowest BCUT2D eigenvalue weighted by atomic mass is 10.2. The first kappa shape index (κ1) is 16.4. The molecule has 0 radical (unpaired) electrons. The van der Waals surface area contributed by atoms with Crippen LogP contribution in [0.1, 0.15) is 5.56 Å². The lowest BCUT2D eigenvalue weighted by molar-refractivity contribution is -0.131. The third kappa shape index (κ3) is 3.09. The van der Waals surface area contributed by atoms with Crippen LogP contribution in [-0.4, -0.2) is 37.2 Å². The summed E-state index contributed by atoms with van der Waals surface area (Å²) in [6.07, 6.45) is 1.38. The smallest absolute Gasteiger partial charge is 0.266 e. The van der Waals surface area contributed by atoms with Crippen molar-refractivity contribution in [1.29, 1.82) is 0 Å². The number of nitrogens with zero attached hydrogens (tertiary/aromatic N) is 5. The molecule has 124 valence electrons. The number of rotatable bonds is 4. The van der Waals surface area contributed by atoms with Gasteiger partial charge in [0.2, 0.25) is 5.91 Å². The Morgan fingerprint density at radius 1 is 1.29 bits per heavy atom. The second kappa shape index (κ2) is 6.56. The van der Waals surface area contributed by atoms with Crippen molar-refractivity contribution in [2.75, 3.05) is 7.05 Å². The molecule has 0 saturated heterocycles. The van der Waals surface area contributed by atoms with Gasteiger partial charge in [-0.05, 0) is 21.5 Å². The largest absolute Gasteiger partial charge is 0.340 e. The first-order valence-corrected chi connectivity index (χ1v) is 8.12. The van der Waals surface area contributed by atoms with Gasteiger partial charge < -0.3 is 4.90 Å². The maximum absolute atomic E-state index is 12.5. The molecule has 2 aromatic heterocycles. The van der Waals surface area contributed by atoms with Gasteiger partial charge in [0.05, 0.1) is 0 Å². The van der Waals surface area contributed by atoms with E-state index in [0.29, 0.717) is 22.2 Å². The molecule has 0 spiro atoms. The van der Waals surface area contributed by atoms with E-state index in [1.165, 1.54) is 15.6 Å². The molecule has 2 heterocycles. The molecule has 3 aromatic rings. The number of aromatic nitrogens is 4. The van der Waals surface area contributed by atoms with Gasteiger partial charge in [-0.15, -0.1) is 0 Å². The van der Waals surface area contributed by atoms with Gasteiger partial charge in [-0.3, -0.25) is 14.2 Å². The van der Waals surface area contributed by atoms with Crippen LogP contribution in [0.3, 0.4) is 0 Å². The number of likely N-dealkylation sites (N-methyl/N-ethyl adjacent to an activating group) is 1. The maximum atomic E-state index is 12.5. The minimum atomic E-state index is -0.290. The van der Waals surface area contributed by atoms with Gasteiger partial charge in [0.1, 0.15) is 22.9 Å². The van der Waals surface area contributed by atoms with E-state index in [1.54, 1.807) is 19.0 Å². The van der Waals surface area contributed by atoms with Crippen molar-refractivity contribution in [3.05, 3.63) is 57.2 Å². The highest BCUT2D eigenvalue weighted by molar-refractivity contribution is 9.10. The quantitative estimate of drug-likeness (QED) is 0.678. The van der Waals surface area contributed by atoms with Crippen molar-refractivity contribution in [3.63, 3.8) is 0 Å². The number of benzene rings is 1. The normalized spacial score (nSPS) is 11.0. The van der Waals surface area contributed by atoms with Crippen LogP contribution in [0.2, 0.25) is 0 Å². The predicted octanol–water partition coefficient (Wildman–Crippen LogP) is 1.55. The summed E-state index contributed by atoms with van der Waals surface area (Å²) >= 11 is 3.26. The Morgan fingerprint density at radius 3 is 2.71 bits per heavy atom. The summed E-state index contributed by atoms with van der Waals surface area (Å²) in [6, 6.07) is 9.69. The number of halogens is 1. The highest BCUT2D eigenvalue weighted by Crippen LogP contribution is 2.16. The van der Waals surface area contributed by atoms with Gasteiger partial charge in [-0.25, -0.2) is 9.67 Å². The molecule has 7 nitrogen and oxygen atoms in total. The molecule has 0 aliphatic carbocycles. The number of aryl methyl sites for hydroxylation is 1. The van der Waals surface area contributed by atoms with Crippen molar-refractivity contribution in [2.45, 2.75) is 13.1 Å². The molecule has 1 aromatic carbocycles. The van der Waals surface area contributed by atoms with Crippen molar-refractivity contribution in [3.8, 4) is 0 Å². The van der Waals surface area contributed by atoms with Gasteiger partial charge in [0.25, 0.3) is 5.56 Å². The van der Waals surface area contributed by atoms with Gasteiger partial charge in [-0.2, -0.15) is 5.10 Å². The lowest BCUT2D eigenvalue weighted by Gasteiger charge is -2.17. The monoisotopic (exact) mass is 389 g/mol. The molecule has 0 N–H and O–H groups in total. The first-order chi connectivity index (χ1) is 11.5. The lowest BCUT2D eigenvalue weighted by Crippen LogP contribution is -2.33. The molecule has 0 bridgehead atoms. The van der Waals surface area contributed by atoms with E-state index in [-0.39, 0.29) is 18.0 Å². The Kier molecular flexibility index (Phi) is 4.48. The average Bonchev–Trinajstić information content (AvgIpc) is 2.85. The first-order valence-electron chi connectivity index (χ1n) is 7.33. The minimum Gasteiger partial charge on any atom is -0.340 e. The topological polar surface area (TPSA) is 73.0 Å². The summed E-state index contributed by atoms with van der Waals surface area (Å²) in [5, 5.41) is 4.50. The van der Waals surface area contributed by atoms with Crippen molar-refractivity contribution in [2.24, 2.45) is 7.05 Å². The van der Waals surface area contributed by atoms with Gasteiger partial charge >= 0.3 is 0 Å². The fourth-order valence-electron chi connectivity index (χ4n) is 2.46. The molecule has 0 fully saturated rings. The summed E-state index contributed by atoms with van der Waals surface area (Å²) in [4.78, 5) is 30.8. The van der Waals surface area contributed by atoms with Crippen LogP contribution in [0.25, 0.3) is 11.0 Å². The third-order valence-corrected chi connectivity index (χ3v) is 4.32. The minimum absolute atomic E-state index is 0.0631. The number of amides is 1. The number of carbonyl (C=O) groups is 1. The molecule has 0 aliphatic heterocycles. The number of hydrogen-bond donors (Lipinski definition) is 0. The number of fused-ring (bicyclic) bond motifs is 1. The molecule has 0 atom stereocenters. The molecule has 1 amide bonds. The van der Waals surface area contributed by atoms with Crippen LogP contribution >= 0.6 is 15.9 Å². The van der Waals surface area contributed by atoms with E-state index in [2.05, 4.69) is 26.0 Å².